The summed E-state index contributed by atoms with van der Waals surface area (Å²) < 4.78 is 21.3. The third-order valence-corrected chi connectivity index (χ3v) is 5.00. The van der Waals surface area contributed by atoms with E-state index in [1.54, 1.807) is 36.5 Å². The summed E-state index contributed by atoms with van der Waals surface area (Å²) in [7, 11) is 0. The van der Waals surface area contributed by atoms with Crippen LogP contribution in [-0.4, -0.2) is 20.1 Å². The molecule has 0 amide bonds. The van der Waals surface area contributed by atoms with Crippen LogP contribution in [0.3, 0.4) is 0 Å². The molecule has 7 heteroatoms. The van der Waals surface area contributed by atoms with Crippen LogP contribution >= 0.6 is 11.6 Å². The number of nitrogens with zero attached hydrogens (tertiary/aromatic N) is 2. The Kier molecular flexibility index (Phi) is 5.81. The summed E-state index contributed by atoms with van der Waals surface area (Å²) in [5.41, 5.74) is 9.56. The molecule has 1 unspecified atom stereocenters. The zero-order valence-corrected chi connectivity index (χ0v) is 15.7. The molecule has 0 aliphatic heterocycles. The van der Waals surface area contributed by atoms with Gasteiger partial charge in [0.15, 0.2) is 11.1 Å². The molecule has 3 rings (SSSR count). The Morgan fingerprint density at radius 1 is 1.19 bits per heavy atom. The van der Waals surface area contributed by atoms with Crippen molar-refractivity contribution in [3.8, 4) is 22.4 Å². The van der Waals surface area contributed by atoms with Gasteiger partial charge < -0.3 is 10.3 Å². The van der Waals surface area contributed by atoms with Crippen molar-refractivity contribution in [3.63, 3.8) is 0 Å². The van der Waals surface area contributed by atoms with E-state index in [2.05, 4.69) is 16.6 Å². The number of nitrogens with two attached hydrogens (primary N) is 1. The first kappa shape index (κ1) is 19.0. The number of halogens is 1. The topological polar surface area (TPSA) is 88.6 Å². The summed E-state index contributed by atoms with van der Waals surface area (Å²) in [6, 6.07) is 14.4. The van der Waals surface area contributed by atoms with Gasteiger partial charge in [-0.2, -0.15) is 0 Å². The summed E-state index contributed by atoms with van der Waals surface area (Å²) in [6.45, 7) is 3.74. The molecule has 0 saturated heterocycles. The van der Waals surface area contributed by atoms with Gasteiger partial charge in [-0.1, -0.05) is 48.5 Å². The number of aromatic nitrogens is 1. The minimum atomic E-state index is -2.21. The molecule has 0 spiro atoms. The van der Waals surface area contributed by atoms with Crippen LogP contribution in [0.2, 0.25) is 5.02 Å². The predicted octanol–water partition coefficient (Wildman–Crippen LogP) is 4.91. The van der Waals surface area contributed by atoms with Crippen molar-refractivity contribution in [2.24, 2.45) is 10.7 Å². The molecule has 5 nitrogen and oxygen atoms in total. The molecule has 0 aliphatic carbocycles. The number of aliphatic imine (C=N–C) groups is 1. The van der Waals surface area contributed by atoms with Crippen molar-refractivity contribution < 1.29 is 8.76 Å². The van der Waals surface area contributed by atoms with Gasteiger partial charge in [-0.25, -0.2) is 9.20 Å². The first-order valence-corrected chi connectivity index (χ1v) is 9.40. The Bertz CT molecular complexity index is 1070. The van der Waals surface area contributed by atoms with E-state index in [-0.39, 0.29) is 4.90 Å². The Balaban J connectivity index is 2.17. The summed E-state index contributed by atoms with van der Waals surface area (Å²) in [5.74, 6) is 0. The van der Waals surface area contributed by atoms with E-state index < -0.39 is 11.1 Å². The van der Waals surface area contributed by atoms with E-state index in [1.165, 1.54) is 0 Å². The maximum Gasteiger partial charge on any atom is 0.188 e. The highest BCUT2D eigenvalue weighted by atomic mass is 35.5. The molecule has 2 aromatic carbocycles. The Labute approximate surface area is 164 Å². The third kappa shape index (κ3) is 3.98. The van der Waals surface area contributed by atoms with Gasteiger partial charge in [0.25, 0.3) is 0 Å². The standard InChI is InChI=1S/C20H16ClN3O2S/c1-2-13-5-6-15(10-17(13)21)20-16(4-3-9-23-20)14-7-8-18(24-12-22)19(11-14)27(25)26/h2-12H,1H2,(H2,22,24)(H,25,26). The highest BCUT2D eigenvalue weighted by Gasteiger charge is 2.14. The van der Waals surface area contributed by atoms with Crippen LogP contribution in [-0.2, 0) is 11.1 Å². The van der Waals surface area contributed by atoms with Crippen molar-refractivity contribution in [1.29, 1.82) is 0 Å². The van der Waals surface area contributed by atoms with Gasteiger partial charge in [0.05, 0.1) is 22.6 Å². The molecular weight excluding hydrogens is 382 g/mol. The lowest BCUT2D eigenvalue weighted by atomic mass is 9.98. The van der Waals surface area contributed by atoms with Crippen LogP contribution < -0.4 is 5.73 Å². The second-order valence-electron chi connectivity index (χ2n) is 5.55. The average molecular weight is 398 g/mol. The maximum absolute atomic E-state index is 11.7. The van der Waals surface area contributed by atoms with Crippen molar-refractivity contribution >= 4 is 40.8 Å². The minimum Gasteiger partial charge on any atom is -0.390 e. The van der Waals surface area contributed by atoms with Gasteiger partial charge in [-0.05, 0) is 35.4 Å². The van der Waals surface area contributed by atoms with E-state index in [0.717, 1.165) is 28.6 Å². The first-order valence-electron chi connectivity index (χ1n) is 7.92. The maximum atomic E-state index is 11.7. The van der Waals surface area contributed by atoms with Crippen molar-refractivity contribution in [2.75, 3.05) is 0 Å². The number of rotatable bonds is 5. The molecule has 0 fully saturated rings. The zero-order chi connectivity index (χ0) is 19.4. The van der Waals surface area contributed by atoms with Crippen molar-refractivity contribution in [2.45, 2.75) is 4.90 Å². The molecule has 1 atom stereocenters. The lowest BCUT2D eigenvalue weighted by Gasteiger charge is -2.12. The van der Waals surface area contributed by atoms with Gasteiger partial charge in [0.2, 0.25) is 0 Å². The van der Waals surface area contributed by atoms with E-state index in [4.69, 9.17) is 17.3 Å². The molecule has 1 heterocycles. The fourth-order valence-corrected chi connectivity index (χ4v) is 3.50. The lowest BCUT2D eigenvalue weighted by molar-refractivity contribution is 0.564. The summed E-state index contributed by atoms with van der Waals surface area (Å²) >= 11 is 4.09. The molecule has 0 aliphatic rings. The molecule has 27 heavy (non-hydrogen) atoms. The normalized spacial score (nSPS) is 12.2. The van der Waals surface area contributed by atoms with Crippen molar-refractivity contribution in [1.82, 2.24) is 4.98 Å². The monoisotopic (exact) mass is 397 g/mol. The Morgan fingerprint density at radius 3 is 2.63 bits per heavy atom. The van der Waals surface area contributed by atoms with Crippen molar-refractivity contribution in [3.05, 3.63) is 71.9 Å². The molecule has 1 aromatic heterocycles. The molecule has 0 saturated carbocycles. The quantitative estimate of drug-likeness (QED) is 0.363. The number of benzene rings is 2. The second-order valence-corrected chi connectivity index (χ2v) is 6.90. The highest BCUT2D eigenvalue weighted by molar-refractivity contribution is 7.79. The van der Waals surface area contributed by atoms with Gasteiger partial charge in [-0.3, -0.25) is 4.98 Å². The predicted molar refractivity (Wildman–Crippen MR) is 112 cm³/mol. The third-order valence-electron chi connectivity index (χ3n) is 3.97. The molecule has 0 bridgehead atoms. The highest BCUT2D eigenvalue weighted by Crippen LogP contribution is 2.35. The van der Waals surface area contributed by atoms with Crippen LogP contribution in [0.1, 0.15) is 5.56 Å². The number of hydrogen-bond acceptors (Lipinski definition) is 3. The van der Waals surface area contributed by atoms with E-state index in [9.17, 15) is 8.76 Å². The lowest BCUT2D eigenvalue weighted by Crippen LogP contribution is -1.94. The molecule has 3 N–H and O–H groups in total. The van der Waals surface area contributed by atoms with E-state index >= 15 is 0 Å². The summed E-state index contributed by atoms with van der Waals surface area (Å²) in [6.07, 6.45) is 4.46. The Hall–Kier alpha value is -2.80. The zero-order valence-electron chi connectivity index (χ0n) is 14.2. The fourth-order valence-electron chi connectivity index (χ4n) is 2.72. The Morgan fingerprint density at radius 2 is 1.96 bits per heavy atom. The van der Waals surface area contributed by atoms with Crippen LogP contribution in [0.25, 0.3) is 28.5 Å². The SMILES string of the molecule is C=Cc1ccc(-c2ncccc2-c2ccc(N=CN)c(S(=O)O)c2)cc1Cl. The summed E-state index contributed by atoms with van der Waals surface area (Å²) in [4.78, 5) is 8.58. The molecular formula is C20H16ClN3O2S. The molecule has 3 aromatic rings. The van der Waals surface area contributed by atoms with E-state index in [0.29, 0.717) is 16.4 Å². The van der Waals surface area contributed by atoms with Crippen LogP contribution in [0, 0.1) is 0 Å². The second kappa shape index (κ2) is 8.26. The van der Waals surface area contributed by atoms with Gasteiger partial charge in [0.1, 0.15) is 0 Å². The van der Waals surface area contributed by atoms with Crippen LogP contribution in [0.5, 0.6) is 0 Å². The average Bonchev–Trinajstić information content (AvgIpc) is 2.68. The fraction of sp³-hybridized carbons (Fsp3) is 0. The first-order chi connectivity index (χ1) is 13.0. The van der Waals surface area contributed by atoms with Crippen LogP contribution in [0.15, 0.2) is 71.2 Å². The largest absolute Gasteiger partial charge is 0.390 e. The van der Waals surface area contributed by atoms with Gasteiger partial charge in [0, 0.05) is 22.3 Å². The smallest absolute Gasteiger partial charge is 0.188 e. The van der Waals surface area contributed by atoms with Crippen LogP contribution in [0.4, 0.5) is 5.69 Å². The molecule has 136 valence electrons. The van der Waals surface area contributed by atoms with Gasteiger partial charge in [-0.15, -0.1) is 0 Å². The van der Waals surface area contributed by atoms with E-state index in [1.807, 2.05) is 24.3 Å². The summed E-state index contributed by atoms with van der Waals surface area (Å²) in [5, 5.41) is 0.573. The minimum absolute atomic E-state index is 0.170. The number of hydrogen-bond donors (Lipinski definition) is 2. The van der Waals surface area contributed by atoms with Gasteiger partial charge >= 0.3 is 0 Å². The molecule has 0 radical (unpaired) electrons. The number of pyridine rings is 1.